The molecule has 1 atom stereocenters. The summed E-state index contributed by atoms with van der Waals surface area (Å²) in [5.74, 6) is -0.269. The first-order valence-corrected chi connectivity index (χ1v) is 10.2. The normalized spacial score (nSPS) is 23.0. The van der Waals surface area contributed by atoms with Crippen molar-refractivity contribution in [3.8, 4) is 0 Å². The van der Waals surface area contributed by atoms with Gasteiger partial charge < -0.3 is 10.2 Å². The summed E-state index contributed by atoms with van der Waals surface area (Å²) < 4.78 is 23.0. The Morgan fingerprint density at radius 1 is 1.08 bits per heavy atom. The highest BCUT2D eigenvalue weighted by Crippen LogP contribution is 2.16. The molecule has 130 valence electrons. The molecule has 2 heterocycles. The Balaban J connectivity index is 1.68. The van der Waals surface area contributed by atoms with Gasteiger partial charge in [-0.05, 0) is 43.9 Å². The van der Waals surface area contributed by atoms with Crippen LogP contribution in [0.2, 0.25) is 0 Å². The van der Waals surface area contributed by atoms with Crippen LogP contribution in [0, 0.1) is 0 Å². The molecule has 2 fully saturated rings. The van der Waals surface area contributed by atoms with E-state index in [0.29, 0.717) is 17.5 Å². The maximum Gasteiger partial charge on any atom is 0.253 e. The molecule has 2 aliphatic heterocycles. The summed E-state index contributed by atoms with van der Waals surface area (Å²) in [7, 11) is -3.03. The second-order valence-corrected chi connectivity index (χ2v) is 8.74. The highest BCUT2D eigenvalue weighted by atomic mass is 32.2. The van der Waals surface area contributed by atoms with Gasteiger partial charge in [0.2, 0.25) is 0 Å². The van der Waals surface area contributed by atoms with E-state index in [-0.39, 0.29) is 29.4 Å². The van der Waals surface area contributed by atoms with Crippen LogP contribution < -0.4 is 5.32 Å². The lowest BCUT2D eigenvalue weighted by Crippen LogP contribution is -2.37. The van der Waals surface area contributed by atoms with Gasteiger partial charge in [-0.3, -0.25) is 9.59 Å². The van der Waals surface area contributed by atoms with Gasteiger partial charge in [-0.1, -0.05) is 6.07 Å². The predicted molar refractivity (Wildman–Crippen MR) is 90.7 cm³/mol. The summed E-state index contributed by atoms with van der Waals surface area (Å²) in [4.78, 5) is 26.7. The molecule has 0 radical (unpaired) electrons. The fraction of sp³-hybridized carbons (Fsp3) is 0.529. The first kappa shape index (κ1) is 17.0. The van der Waals surface area contributed by atoms with Gasteiger partial charge in [0.1, 0.15) is 0 Å². The monoisotopic (exact) mass is 350 g/mol. The van der Waals surface area contributed by atoms with Crippen LogP contribution in [0.4, 0.5) is 0 Å². The molecule has 1 aromatic rings. The summed E-state index contributed by atoms with van der Waals surface area (Å²) in [5.41, 5.74) is 0.894. The highest BCUT2D eigenvalue weighted by molar-refractivity contribution is 7.91. The fourth-order valence-electron chi connectivity index (χ4n) is 3.25. The van der Waals surface area contributed by atoms with Crippen LogP contribution in [-0.4, -0.2) is 55.8 Å². The van der Waals surface area contributed by atoms with Gasteiger partial charge in [-0.25, -0.2) is 8.42 Å². The molecule has 7 heteroatoms. The molecule has 2 aliphatic rings. The molecular formula is C17H22N2O4S. The molecule has 1 aromatic carbocycles. The van der Waals surface area contributed by atoms with Crippen LogP contribution in [-0.2, 0) is 9.84 Å². The summed E-state index contributed by atoms with van der Waals surface area (Å²) >= 11 is 0. The molecule has 24 heavy (non-hydrogen) atoms. The number of nitrogens with one attached hydrogen (secondary N) is 1. The number of benzene rings is 1. The highest BCUT2D eigenvalue weighted by Gasteiger charge is 2.29. The third-order valence-electron chi connectivity index (χ3n) is 4.58. The minimum absolute atomic E-state index is 0.00879. The van der Waals surface area contributed by atoms with Gasteiger partial charge in [0.05, 0.1) is 11.5 Å². The Morgan fingerprint density at radius 2 is 1.79 bits per heavy atom. The standard InChI is InChI=1S/C17H22N2O4S/c20-16(18-15-7-10-24(22,23)12-15)13-5-4-6-14(11-13)17(21)19-8-2-1-3-9-19/h4-6,11,15H,1-3,7-10,12H2,(H,18,20). The van der Waals surface area contributed by atoms with Crippen molar-refractivity contribution in [2.75, 3.05) is 24.6 Å². The molecule has 0 spiro atoms. The molecule has 2 saturated heterocycles. The van der Waals surface area contributed by atoms with Crippen molar-refractivity contribution in [2.24, 2.45) is 0 Å². The molecule has 1 unspecified atom stereocenters. The Bertz CT molecular complexity index is 739. The van der Waals surface area contributed by atoms with Crippen LogP contribution >= 0.6 is 0 Å². The summed E-state index contributed by atoms with van der Waals surface area (Å²) in [6, 6.07) is 6.30. The van der Waals surface area contributed by atoms with E-state index in [4.69, 9.17) is 0 Å². The lowest BCUT2D eigenvalue weighted by Gasteiger charge is -2.26. The molecule has 1 N–H and O–H groups in total. The third kappa shape index (κ3) is 3.95. The second kappa shape index (κ2) is 6.93. The predicted octanol–water partition coefficient (Wildman–Crippen LogP) is 1.23. The van der Waals surface area contributed by atoms with Crippen molar-refractivity contribution in [2.45, 2.75) is 31.7 Å². The number of nitrogens with zero attached hydrogens (tertiary/aromatic N) is 1. The average Bonchev–Trinajstić information content (AvgIpc) is 2.93. The van der Waals surface area contributed by atoms with Gasteiger partial charge in [0.15, 0.2) is 9.84 Å². The van der Waals surface area contributed by atoms with Gasteiger partial charge in [0, 0.05) is 30.3 Å². The van der Waals surface area contributed by atoms with E-state index < -0.39 is 9.84 Å². The molecule has 2 amide bonds. The van der Waals surface area contributed by atoms with Crippen LogP contribution in [0.15, 0.2) is 24.3 Å². The van der Waals surface area contributed by atoms with E-state index in [1.54, 1.807) is 24.3 Å². The number of amides is 2. The van der Waals surface area contributed by atoms with Crippen LogP contribution in [0.25, 0.3) is 0 Å². The lowest BCUT2D eigenvalue weighted by molar-refractivity contribution is 0.0724. The maximum atomic E-state index is 12.5. The topological polar surface area (TPSA) is 83.5 Å². The maximum absolute atomic E-state index is 12.5. The Hall–Kier alpha value is -1.89. The Labute approximate surface area is 142 Å². The molecular weight excluding hydrogens is 328 g/mol. The number of rotatable bonds is 3. The van der Waals surface area contributed by atoms with Crippen molar-refractivity contribution >= 4 is 21.7 Å². The van der Waals surface area contributed by atoms with Crippen molar-refractivity contribution in [3.05, 3.63) is 35.4 Å². The molecule has 6 nitrogen and oxygen atoms in total. The van der Waals surface area contributed by atoms with Crippen molar-refractivity contribution < 1.29 is 18.0 Å². The smallest absolute Gasteiger partial charge is 0.253 e. The quantitative estimate of drug-likeness (QED) is 0.889. The minimum Gasteiger partial charge on any atom is -0.348 e. The van der Waals surface area contributed by atoms with Crippen LogP contribution in [0.3, 0.4) is 0 Å². The van der Waals surface area contributed by atoms with Gasteiger partial charge in [-0.15, -0.1) is 0 Å². The first-order chi connectivity index (χ1) is 11.4. The SMILES string of the molecule is O=C(NC1CCS(=O)(=O)C1)c1cccc(C(=O)N2CCCCC2)c1. The van der Waals surface area contributed by atoms with E-state index in [1.807, 2.05) is 4.90 Å². The number of piperidine rings is 1. The van der Waals surface area contributed by atoms with Crippen molar-refractivity contribution in [1.29, 1.82) is 0 Å². The van der Waals surface area contributed by atoms with E-state index in [1.165, 1.54) is 0 Å². The summed E-state index contributed by atoms with van der Waals surface area (Å²) in [6.45, 7) is 1.52. The summed E-state index contributed by atoms with van der Waals surface area (Å²) in [5, 5.41) is 2.75. The zero-order valence-corrected chi connectivity index (χ0v) is 14.3. The molecule has 0 aromatic heterocycles. The number of sulfone groups is 1. The number of hydrogen-bond acceptors (Lipinski definition) is 4. The second-order valence-electron chi connectivity index (χ2n) is 6.51. The molecule has 3 rings (SSSR count). The molecule has 0 aliphatic carbocycles. The third-order valence-corrected chi connectivity index (χ3v) is 6.35. The van der Waals surface area contributed by atoms with Crippen molar-refractivity contribution in [1.82, 2.24) is 10.2 Å². The molecule has 0 saturated carbocycles. The average molecular weight is 350 g/mol. The Morgan fingerprint density at radius 3 is 2.46 bits per heavy atom. The Kier molecular flexibility index (Phi) is 4.89. The minimum atomic E-state index is -3.03. The summed E-state index contributed by atoms with van der Waals surface area (Å²) in [6.07, 6.45) is 3.63. The van der Waals surface area contributed by atoms with E-state index in [9.17, 15) is 18.0 Å². The van der Waals surface area contributed by atoms with Gasteiger partial charge in [-0.2, -0.15) is 0 Å². The van der Waals surface area contributed by atoms with Crippen molar-refractivity contribution in [3.63, 3.8) is 0 Å². The van der Waals surface area contributed by atoms with Gasteiger partial charge in [0.25, 0.3) is 11.8 Å². The van der Waals surface area contributed by atoms with Crippen LogP contribution in [0.5, 0.6) is 0 Å². The number of carbonyl (C=O) groups is 2. The van der Waals surface area contributed by atoms with E-state index >= 15 is 0 Å². The zero-order valence-electron chi connectivity index (χ0n) is 13.5. The lowest BCUT2D eigenvalue weighted by atomic mass is 10.1. The van der Waals surface area contributed by atoms with Crippen LogP contribution in [0.1, 0.15) is 46.4 Å². The first-order valence-electron chi connectivity index (χ1n) is 8.35. The van der Waals surface area contributed by atoms with E-state index in [0.717, 1.165) is 32.4 Å². The fourth-order valence-corrected chi connectivity index (χ4v) is 4.92. The number of carbonyl (C=O) groups excluding carboxylic acids is 2. The largest absolute Gasteiger partial charge is 0.348 e. The molecule has 0 bridgehead atoms. The number of likely N-dealkylation sites (tertiary alicyclic amines) is 1. The zero-order chi connectivity index (χ0) is 17.2. The van der Waals surface area contributed by atoms with Gasteiger partial charge >= 0.3 is 0 Å². The van der Waals surface area contributed by atoms with E-state index in [2.05, 4.69) is 5.32 Å². The number of hydrogen-bond donors (Lipinski definition) is 1.